The second-order valence-electron chi connectivity index (χ2n) is 5.24. The molecule has 6 heteroatoms. The molecule has 110 valence electrons. The van der Waals surface area contributed by atoms with Crippen LogP contribution in [0.5, 0.6) is 0 Å². The third-order valence-corrected chi connectivity index (χ3v) is 3.84. The molecule has 0 aromatic carbocycles. The number of ether oxygens (including phenoxy) is 3. The lowest BCUT2D eigenvalue weighted by Crippen LogP contribution is -2.52. The summed E-state index contributed by atoms with van der Waals surface area (Å²) in [5.41, 5.74) is -0.393. The fourth-order valence-electron chi connectivity index (χ4n) is 2.67. The van der Waals surface area contributed by atoms with Crippen LogP contribution in [0.2, 0.25) is 0 Å². The first-order valence-electron chi connectivity index (χ1n) is 6.94. The Bertz CT molecular complexity index is 281. The van der Waals surface area contributed by atoms with Crippen molar-refractivity contribution in [2.75, 3.05) is 53.2 Å². The molecule has 0 saturated carbocycles. The fourth-order valence-corrected chi connectivity index (χ4v) is 2.67. The quantitative estimate of drug-likeness (QED) is 0.708. The van der Waals surface area contributed by atoms with Gasteiger partial charge in [-0.2, -0.15) is 0 Å². The molecule has 2 saturated heterocycles. The Balaban J connectivity index is 1.84. The molecular weight excluding hydrogens is 248 g/mol. The average molecular weight is 272 g/mol. The van der Waals surface area contributed by atoms with Crippen LogP contribution in [0, 0.1) is 5.41 Å². The lowest BCUT2D eigenvalue weighted by molar-refractivity contribution is -0.138. The Labute approximate surface area is 114 Å². The predicted molar refractivity (Wildman–Crippen MR) is 70.0 cm³/mol. The van der Waals surface area contributed by atoms with Gasteiger partial charge in [0.2, 0.25) is 5.91 Å². The number of rotatable bonds is 5. The van der Waals surface area contributed by atoms with Crippen molar-refractivity contribution in [1.82, 2.24) is 10.6 Å². The highest BCUT2D eigenvalue weighted by Crippen LogP contribution is 2.29. The first-order chi connectivity index (χ1) is 9.27. The van der Waals surface area contributed by atoms with Crippen LogP contribution in [0.1, 0.15) is 12.8 Å². The standard InChI is InChI=1S/C13H24N2O4/c1-17-10-13(2-4-14-5-3-13)12(16)15-8-11-9-18-6-7-19-11/h11,14H,2-10H2,1H3,(H,15,16). The molecule has 0 aromatic rings. The molecule has 0 bridgehead atoms. The van der Waals surface area contributed by atoms with Crippen LogP contribution < -0.4 is 10.6 Å². The van der Waals surface area contributed by atoms with E-state index in [-0.39, 0.29) is 12.0 Å². The Morgan fingerprint density at radius 2 is 2.21 bits per heavy atom. The van der Waals surface area contributed by atoms with Crippen LogP contribution in [-0.4, -0.2) is 65.2 Å². The highest BCUT2D eigenvalue weighted by molar-refractivity contribution is 5.83. The predicted octanol–water partition coefficient (Wildman–Crippen LogP) is -0.466. The van der Waals surface area contributed by atoms with Gasteiger partial charge in [0.15, 0.2) is 0 Å². The van der Waals surface area contributed by atoms with E-state index in [4.69, 9.17) is 14.2 Å². The summed E-state index contributed by atoms with van der Waals surface area (Å²) in [7, 11) is 1.65. The van der Waals surface area contributed by atoms with Crippen LogP contribution in [0.25, 0.3) is 0 Å². The molecule has 6 nitrogen and oxygen atoms in total. The zero-order chi connectivity index (χ0) is 13.6. The average Bonchev–Trinajstić information content (AvgIpc) is 2.47. The fraction of sp³-hybridized carbons (Fsp3) is 0.923. The number of carbonyl (C=O) groups excluding carboxylic acids is 1. The van der Waals surface area contributed by atoms with E-state index in [2.05, 4.69) is 10.6 Å². The minimum atomic E-state index is -0.393. The third-order valence-electron chi connectivity index (χ3n) is 3.84. The second kappa shape index (κ2) is 7.19. The smallest absolute Gasteiger partial charge is 0.228 e. The third kappa shape index (κ3) is 3.89. The molecule has 1 unspecified atom stereocenters. The van der Waals surface area contributed by atoms with Crippen molar-refractivity contribution in [2.24, 2.45) is 5.41 Å². The number of carbonyl (C=O) groups is 1. The number of amides is 1. The van der Waals surface area contributed by atoms with Gasteiger partial charge in [0.1, 0.15) is 0 Å². The van der Waals surface area contributed by atoms with E-state index < -0.39 is 5.41 Å². The maximum Gasteiger partial charge on any atom is 0.228 e. The molecule has 2 aliphatic heterocycles. The molecule has 1 amide bonds. The number of hydrogen-bond acceptors (Lipinski definition) is 5. The second-order valence-corrected chi connectivity index (χ2v) is 5.24. The highest BCUT2D eigenvalue weighted by Gasteiger charge is 2.39. The lowest BCUT2D eigenvalue weighted by Gasteiger charge is -2.36. The number of nitrogens with one attached hydrogen (secondary N) is 2. The molecule has 1 atom stereocenters. The van der Waals surface area contributed by atoms with Crippen LogP contribution in [0.15, 0.2) is 0 Å². The SMILES string of the molecule is COCC1(C(=O)NCC2COCCO2)CCNCC1. The van der Waals surface area contributed by atoms with Gasteiger partial charge in [-0.3, -0.25) is 4.79 Å². The van der Waals surface area contributed by atoms with E-state index in [9.17, 15) is 4.79 Å². The van der Waals surface area contributed by atoms with Crippen LogP contribution in [-0.2, 0) is 19.0 Å². The number of hydrogen-bond donors (Lipinski definition) is 2. The van der Waals surface area contributed by atoms with Gasteiger partial charge in [-0.15, -0.1) is 0 Å². The summed E-state index contributed by atoms with van der Waals surface area (Å²) < 4.78 is 16.1. The molecule has 2 N–H and O–H groups in total. The molecule has 2 heterocycles. The van der Waals surface area contributed by atoms with E-state index in [0.717, 1.165) is 25.9 Å². The van der Waals surface area contributed by atoms with Crippen molar-refractivity contribution >= 4 is 5.91 Å². The van der Waals surface area contributed by atoms with E-state index in [1.807, 2.05) is 0 Å². The van der Waals surface area contributed by atoms with Gasteiger partial charge in [-0.25, -0.2) is 0 Å². The zero-order valence-corrected chi connectivity index (χ0v) is 11.6. The van der Waals surface area contributed by atoms with Gasteiger partial charge in [0.05, 0.1) is 37.9 Å². The number of piperidine rings is 1. The maximum atomic E-state index is 12.4. The monoisotopic (exact) mass is 272 g/mol. The molecule has 0 aliphatic carbocycles. The molecule has 19 heavy (non-hydrogen) atoms. The summed E-state index contributed by atoms with van der Waals surface area (Å²) in [4.78, 5) is 12.4. The molecule has 0 radical (unpaired) electrons. The van der Waals surface area contributed by atoms with Gasteiger partial charge in [-0.1, -0.05) is 0 Å². The van der Waals surface area contributed by atoms with E-state index >= 15 is 0 Å². The Kier molecular flexibility index (Phi) is 5.57. The topological polar surface area (TPSA) is 68.8 Å². The minimum absolute atomic E-state index is 0.0287. The molecule has 0 spiro atoms. The van der Waals surface area contributed by atoms with Gasteiger partial charge in [0.25, 0.3) is 0 Å². The molecule has 0 aromatic heterocycles. The van der Waals surface area contributed by atoms with Crippen molar-refractivity contribution < 1.29 is 19.0 Å². The van der Waals surface area contributed by atoms with E-state index in [1.165, 1.54) is 0 Å². The van der Waals surface area contributed by atoms with Gasteiger partial charge < -0.3 is 24.8 Å². The van der Waals surface area contributed by atoms with Crippen molar-refractivity contribution in [3.8, 4) is 0 Å². The summed E-state index contributed by atoms with van der Waals surface area (Å²) in [6, 6.07) is 0. The lowest BCUT2D eigenvalue weighted by atomic mass is 9.78. The normalized spacial score (nSPS) is 26.9. The van der Waals surface area contributed by atoms with Crippen LogP contribution in [0.4, 0.5) is 0 Å². The summed E-state index contributed by atoms with van der Waals surface area (Å²) in [6.07, 6.45) is 1.60. The molecule has 2 aliphatic rings. The summed E-state index contributed by atoms with van der Waals surface area (Å²) in [5.74, 6) is 0.0741. The van der Waals surface area contributed by atoms with Crippen molar-refractivity contribution in [1.29, 1.82) is 0 Å². The first-order valence-corrected chi connectivity index (χ1v) is 6.94. The summed E-state index contributed by atoms with van der Waals surface area (Å²) >= 11 is 0. The Morgan fingerprint density at radius 3 is 2.84 bits per heavy atom. The number of methoxy groups -OCH3 is 1. The molecular formula is C13H24N2O4. The van der Waals surface area contributed by atoms with Gasteiger partial charge in [-0.05, 0) is 25.9 Å². The van der Waals surface area contributed by atoms with Crippen molar-refractivity contribution in [3.05, 3.63) is 0 Å². The Hall–Kier alpha value is -0.690. The summed E-state index contributed by atoms with van der Waals surface area (Å²) in [5, 5.41) is 6.27. The highest BCUT2D eigenvalue weighted by atomic mass is 16.6. The maximum absolute atomic E-state index is 12.4. The van der Waals surface area contributed by atoms with Crippen molar-refractivity contribution in [3.63, 3.8) is 0 Å². The van der Waals surface area contributed by atoms with Crippen LogP contribution >= 0.6 is 0 Å². The zero-order valence-electron chi connectivity index (χ0n) is 11.6. The van der Waals surface area contributed by atoms with E-state index in [0.29, 0.717) is 33.0 Å². The van der Waals surface area contributed by atoms with Crippen LogP contribution in [0.3, 0.4) is 0 Å². The van der Waals surface area contributed by atoms with Gasteiger partial charge in [0, 0.05) is 13.7 Å². The summed E-state index contributed by atoms with van der Waals surface area (Å²) in [6.45, 7) is 4.51. The minimum Gasteiger partial charge on any atom is -0.384 e. The molecule has 2 rings (SSSR count). The molecule has 2 fully saturated rings. The Morgan fingerprint density at radius 1 is 1.42 bits per heavy atom. The van der Waals surface area contributed by atoms with E-state index in [1.54, 1.807) is 7.11 Å². The largest absolute Gasteiger partial charge is 0.384 e. The van der Waals surface area contributed by atoms with Crippen molar-refractivity contribution in [2.45, 2.75) is 18.9 Å². The first kappa shape index (κ1) is 14.7. The van der Waals surface area contributed by atoms with Gasteiger partial charge >= 0.3 is 0 Å².